The molecule has 1 aromatic carbocycles. The van der Waals surface area contributed by atoms with Gasteiger partial charge in [-0.2, -0.15) is 0 Å². The highest BCUT2D eigenvalue weighted by Gasteiger charge is 2.04. The average molecular weight is 256 g/mol. The molecule has 0 atom stereocenters. The lowest BCUT2D eigenvalue weighted by atomic mass is 10.2. The number of nitrogens with one attached hydrogen (secondary N) is 1. The van der Waals surface area contributed by atoms with Gasteiger partial charge in [-0.25, -0.2) is 4.98 Å². The van der Waals surface area contributed by atoms with Crippen molar-refractivity contribution in [3.05, 3.63) is 24.0 Å². The molecule has 92 valence electrons. The summed E-state index contributed by atoms with van der Waals surface area (Å²) in [6.45, 7) is 0. The number of fused-ring (bicyclic) bond motifs is 1. The highest BCUT2D eigenvalue weighted by Crippen LogP contribution is 2.15. The molecule has 0 saturated carbocycles. The molecule has 17 heavy (non-hydrogen) atoms. The molecule has 0 saturated heterocycles. The van der Waals surface area contributed by atoms with Crippen LogP contribution >= 0.6 is 12.4 Å². The summed E-state index contributed by atoms with van der Waals surface area (Å²) in [5, 5.41) is 8.52. The maximum absolute atomic E-state index is 10.4. The van der Waals surface area contributed by atoms with Crippen molar-refractivity contribution in [3.63, 3.8) is 0 Å². The number of aromatic nitrogens is 2. The maximum atomic E-state index is 10.4. The number of H-pyrrole nitrogens is 1. The van der Waals surface area contributed by atoms with Gasteiger partial charge in [-0.1, -0.05) is 0 Å². The van der Waals surface area contributed by atoms with Crippen LogP contribution in [0.1, 0.15) is 18.7 Å². The standard InChI is InChI=1S/C11H13N3O2.ClH/c12-7-4-5-8-9(6-7)14-10(13-8)2-1-3-11(15)16;/h4-6H,1-3,12H2,(H,13,14)(H,15,16);1H. The van der Waals surface area contributed by atoms with Crippen LogP contribution < -0.4 is 5.73 Å². The first kappa shape index (κ1) is 13.3. The third-order valence-electron chi connectivity index (χ3n) is 2.36. The largest absolute Gasteiger partial charge is 0.481 e. The van der Waals surface area contributed by atoms with Crippen LogP contribution in [-0.4, -0.2) is 21.0 Å². The van der Waals surface area contributed by atoms with Crippen molar-refractivity contribution in [2.24, 2.45) is 0 Å². The van der Waals surface area contributed by atoms with Crippen LogP contribution in [0.25, 0.3) is 11.0 Å². The van der Waals surface area contributed by atoms with Gasteiger partial charge in [0.25, 0.3) is 0 Å². The van der Waals surface area contributed by atoms with Crippen LogP contribution in [0.3, 0.4) is 0 Å². The number of hydrogen-bond donors (Lipinski definition) is 3. The molecule has 1 heterocycles. The van der Waals surface area contributed by atoms with E-state index in [0.29, 0.717) is 18.5 Å². The van der Waals surface area contributed by atoms with Crippen LogP contribution in [0, 0.1) is 0 Å². The average Bonchev–Trinajstić information content (AvgIpc) is 2.58. The third kappa shape index (κ3) is 3.35. The summed E-state index contributed by atoms with van der Waals surface area (Å²) < 4.78 is 0. The smallest absolute Gasteiger partial charge is 0.303 e. The Balaban J connectivity index is 0.00000144. The highest BCUT2D eigenvalue weighted by molar-refractivity contribution is 5.85. The fourth-order valence-corrected chi connectivity index (χ4v) is 1.61. The van der Waals surface area contributed by atoms with E-state index in [4.69, 9.17) is 10.8 Å². The van der Waals surface area contributed by atoms with Crippen molar-refractivity contribution in [3.8, 4) is 0 Å². The summed E-state index contributed by atoms with van der Waals surface area (Å²) in [4.78, 5) is 17.8. The van der Waals surface area contributed by atoms with Crippen LogP contribution in [0.15, 0.2) is 18.2 Å². The summed E-state index contributed by atoms with van der Waals surface area (Å²) in [6.07, 6.45) is 1.39. The van der Waals surface area contributed by atoms with Gasteiger partial charge in [0.15, 0.2) is 0 Å². The number of anilines is 1. The Morgan fingerprint density at radius 3 is 2.94 bits per heavy atom. The molecule has 0 radical (unpaired) electrons. The number of nitrogen functional groups attached to an aromatic ring is 1. The number of carboxylic acids is 1. The van der Waals surface area contributed by atoms with E-state index in [0.717, 1.165) is 16.9 Å². The monoisotopic (exact) mass is 255 g/mol. The number of imidazole rings is 1. The van der Waals surface area contributed by atoms with E-state index in [1.165, 1.54) is 0 Å². The van der Waals surface area contributed by atoms with Crippen molar-refractivity contribution in [2.75, 3.05) is 5.73 Å². The summed E-state index contributed by atoms with van der Waals surface area (Å²) >= 11 is 0. The number of rotatable bonds is 4. The molecular weight excluding hydrogens is 242 g/mol. The van der Waals surface area contributed by atoms with Crippen molar-refractivity contribution >= 4 is 35.1 Å². The molecule has 0 amide bonds. The quantitative estimate of drug-likeness (QED) is 0.729. The molecule has 0 aliphatic heterocycles. The molecule has 2 aromatic rings. The molecule has 0 spiro atoms. The lowest BCUT2D eigenvalue weighted by Gasteiger charge is -1.92. The summed E-state index contributed by atoms with van der Waals surface area (Å²) in [5.41, 5.74) is 8.09. The number of aryl methyl sites for hydroxylation is 1. The van der Waals surface area contributed by atoms with Crippen molar-refractivity contribution in [1.29, 1.82) is 0 Å². The molecule has 0 fully saturated rings. The normalized spacial score (nSPS) is 10.1. The first-order valence-electron chi connectivity index (χ1n) is 5.11. The van der Waals surface area contributed by atoms with Crippen LogP contribution in [0.5, 0.6) is 0 Å². The molecule has 0 aliphatic carbocycles. The van der Waals surface area contributed by atoms with Gasteiger partial charge in [0.2, 0.25) is 0 Å². The van der Waals surface area contributed by atoms with Gasteiger partial charge in [0, 0.05) is 18.5 Å². The Morgan fingerprint density at radius 2 is 2.24 bits per heavy atom. The van der Waals surface area contributed by atoms with Gasteiger partial charge in [-0.15, -0.1) is 12.4 Å². The molecule has 0 aliphatic rings. The Kier molecular flexibility index (Phi) is 4.34. The zero-order valence-corrected chi connectivity index (χ0v) is 9.96. The number of hydrogen-bond acceptors (Lipinski definition) is 3. The SMILES string of the molecule is Cl.Nc1ccc2nc(CCCC(=O)O)[nH]c2c1. The number of benzene rings is 1. The molecule has 6 heteroatoms. The van der Waals surface area contributed by atoms with Crippen LogP contribution in [-0.2, 0) is 11.2 Å². The Bertz CT molecular complexity index is 524. The lowest BCUT2D eigenvalue weighted by molar-refractivity contribution is -0.137. The van der Waals surface area contributed by atoms with Crippen LogP contribution in [0.2, 0.25) is 0 Å². The zero-order valence-electron chi connectivity index (χ0n) is 9.14. The molecular formula is C11H14ClN3O2. The number of aliphatic carboxylic acids is 1. The second-order valence-electron chi connectivity index (χ2n) is 3.71. The Labute approximate surface area is 104 Å². The van der Waals surface area contributed by atoms with E-state index in [-0.39, 0.29) is 18.8 Å². The van der Waals surface area contributed by atoms with E-state index < -0.39 is 5.97 Å². The highest BCUT2D eigenvalue weighted by atomic mass is 35.5. The van der Waals surface area contributed by atoms with E-state index in [2.05, 4.69) is 9.97 Å². The van der Waals surface area contributed by atoms with Gasteiger partial charge >= 0.3 is 5.97 Å². The number of carboxylic acid groups (broad SMARTS) is 1. The second kappa shape index (κ2) is 5.54. The number of nitrogens with zero attached hydrogens (tertiary/aromatic N) is 1. The topological polar surface area (TPSA) is 92.0 Å². The van der Waals surface area contributed by atoms with Gasteiger partial charge in [0.1, 0.15) is 5.82 Å². The second-order valence-corrected chi connectivity index (χ2v) is 3.71. The van der Waals surface area contributed by atoms with Crippen LogP contribution in [0.4, 0.5) is 5.69 Å². The minimum Gasteiger partial charge on any atom is -0.481 e. The molecule has 4 N–H and O–H groups in total. The number of halogens is 1. The molecule has 1 aromatic heterocycles. The molecule has 0 bridgehead atoms. The molecule has 0 unspecified atom stereocenters. The van der Waals surface area contributed by atoms with Gasteiger partial charge in [-0.3, -0.25) is 4.79 Å². The van der Waals surface area contributed by atoms with E-state index >= 15 is 0 Å². The van der Waals surface area contributed by atoms with Crippen molar-refractivity contribution in [1.82, 2.24) is 9.97 Å². The van der Waals surface area contributed by atoms with Crippen molar-refractivity contribution in [2.45, 2.75) is 19.3 Å². The first-order chi connectivity index (χ1) is 7.65. The Hall–Kier alpha value is -1.75. The molecule has 2 rings (SSSR count). The minimum absolute atomic E-state index is 0. The fourth-order valence-electron chi connectivity index (χ4n) is 1.61. The molecule has 5 nitrogen and oxygen atoms in total. The van der Waals surface area contributed by atoms with Crippen molar-refractivity contribution < 1.29 is 9.90 Å². The minimum atomic E-state index is -0.777. The van der Waals surface area contributed by atoms with E-state index in [9.17, 15) is 4.79 Å². The summed E-state index contributed by atoms with van der Waals surface area (Å²) in [6, 6.07) is 5.47. The summed E-state index contributed by atoms with van der Waals surface area (Å²) in [7, 11) is 0. The predicted octanol–water partition coefficient (Wildman–Crippen LogP) is 1.97. The number of carbonyl (C=O) groups is 1. The zero-order chi connectivity index (χ0) is 11.5. The van der Waals surface area contributed by atoms with Gasteiger partial charge in [0.05, 0.1) is 11.0 Å². The first-order valence-corrected chi connectivity index (χ1v) is 5.11. The van der Waals surface area contributed by atoms with Gasteiger partial charge in [-0.05, 0) is 24.6 Å². The third-order valence-corrected chi connectivity index (χ3v) is 2.36. The number of nitrogens with two attached hydrogens (primary N) is 1. The van der Waals surface area contributed by atoms with E-state index in [1.807, 2.05) is 12.1 Å². The van der Waals surface area contributed by atoms with E-state index in [1.54, 1.807) is 6.07 Å². The predicted molar refractivity (Wildman–Crippen MR) is 68.3 cm³/mol. The maximum Gasteiger partial charge on any atom is 0.303 e. The number of aromatic amines is 1. The Morgan fingerprint density at radius 1 is 1.47 bits per heavy atom. The fraction of sp³-hybridized carbons (Fsp3) is 0.273. The lowest BCUT2D eigenvalue weighted by Crippen LogP contribution is -1.96. The van der Waals surface area contributed by atoms with Gasteiger partial charge < -0.3 is 15.8 Å². The summed E-state index contributed by atoms with van der Waals surface area (Å²) in [5.74, 6) is 0.0298.